The Morgan fingerprint density at radius 3 is 3.05 bits per heavy atom. The number of aliphatic hydroxyl groups excluding tert-OH is 1. The molecule has 2 heterocycles. The number of nitrogens with one attached hydrogen (secondary N) is 1. The van der Waals surface area contributed by atoms with Gasteiger partial charge in [-0.3, -0.25) is 0 Å². The van der Waals surface area contributed by atoms with E-state index in [1.54, 1.807) is 0 Å². The minimum absolute atomic E-state index is 0.148. The van der Waals surface area contributed by atoms with Crippen LogP contribution in [-0.4, -0.2) is 31.8 Å². The largest absolute Gasteiger partial charge is 0.392 e. The third kappa shape index (κ3) is 2.63. The van der Waals surface area contributed by atoms with Gasteiger partial charge < -0.3 is 15.3 Å². The van der Waals surface area contributed by atoms with E-state index in [0.29, 0.717) is 5.92 Å². The summed E-state index contributed by atoms with van der Waals surface area (Å²) in [6, 6.07) is 6.42. The molecule has 2 unspecified atom stereocenters. The fraction of sp³-hybridized carbons (Fsp3) is 0.625. The normalized spacial score (nSPS) is 26.5. The molecule has 1 aromatic carbocycles. The van der Waals surface area contributed by atoms with E-state index in [1.165, 1.54) is 43.6 Å². The lowest BCUT2D eigenvalue weighted by atomic mass is 9.86. The van der Waals surface area contributed by atoms with E-state index in [1.807, 2.05) is 6.07 Å². The molecule has 104 valence electrons. The van der Waals surface area contributed by atoms with Crippen molar-refractivity contribution < 1.29 is 5.11 Å². The molecule has 2 aliphatic heterocycles. The second kappa shape index (κ2) is 5.51. The first-order valence-electron chi connectivity index (χ1n) is 7.43. The molecular formula is C16H24N2O. The van der Waals surface area contributed by atoms with Gasteiger partial charge in [0.15, 0.2) is 0 Å². The van der Waals surface area contributed by atoms with E-state index in [-0.39, 0.29) is 6.61 Å². The van der Waals surface area contributed by atoms with Crippen molar-refractivity contribution in [2.24, 2.45) is 5.92 Å². The van der Waals surface area contributed by atoms with Gasteiger partial charge >= 0.3 is 0 Å². The summed E-state index contributed by atoms with van der Waals surface area (Å²) >= 11 is 0. The number of rotatable bonds is 3. The number of piperidine rings is 1. The van der Waals surface area contributed by atoms with Gasteiger partial charge in [-0.2, -0.15) is 0 Å². The molecule has 19 heavy (non-hydrogen) atoms. The van der Waals surface area contributed by atoms with E-state index in [2.05, 4.69) is 29.4 Å². The highest BCUT2D eigenvalue weighted by atomic mass is 16.3. The number of hydrogen-bond acceptors (Lipinski definition) is 3. The summed E-state index contributed by atoms with van der Waals surface area (Å²) in [5.74, 6) is 1.45. The first-order chi connectivity index (χ1) is 9.28. The topological polar surface area (TPSA) is 35.5 Å². The van der Waals surface area contributed by atoms with Crippen LogP contribution in [0.25, 0.3) is 0 Å². The van der Waals surface area contributed by atoms with E-state index in [4.69, 9.17) is 0 Å². The monoisotopic (exact) mass is 260 g/mol. The number of benzene rings is 1. The molecule has 0 radical (unpaired) electrons. The zero-order valence-corrected chi connectivity index (χ0v) is 11.7. The van der Waals surface area contributed by atoms with Gasteiger partial charge in [0, 0.05) is 25.2 Å². The molecule has 0 amide bonds. The molecule has 0 aromatic heterocycles. The predicted octanol–water partition coefficient (Wildman–Crippen LogP) is 2.10. The number of anilines is 1. The van der Waals surface area contributed by atoms with Crippen molar-refractivity contribution in [2.45, 2.75) is 31.8 Å². The average Bonchev–Trinajstić information content (AvgIpc) is 2.76. The standard InChI is InChI=1S/C16H24N2O/c1-18-10-14(7-12-3-2-6-17-9-12)15-8-13(11-19)4-5-16(15)18/h4-5,8,12,14,17,19H,2-3,6-7,9-11H2,1H3. The van der Waals surface area contributed by atoms with E-state index >= 15 is 0 Å². The average molecular weight is 260 g/mol. The fourth-order valence-corrected chi connectivity index (χ4v) is 3.63. The predicted molar refractivity (Wildman–Crippen MR) is 78.6 cm³/mol. The lowest BCUT2D eigenvalue weighted by molar-refractivity contribution is 0.281. The number of fused-ring (bicyclic) bond motifs is 1. The van der Waals surface area contributed by atoms with Crippen LogP contribution >= 0.6 is 0 Å². The molecule has 1 fully saturated rings. The highest BCUT2D eigenvalue weighted by Gasteiger charge is 2.29. The molecule has 3 heteroatoms. The number of hydrogen-bond donors (Lipinski definition) is 2. The highest BCUT2D eigenvalue weighted by Crippen LogP contribution is 2.40. The van der Waals surface area contributed by atoms with Gasteiger partial charge in [0.25, 0.3) is 0 Å². The maximum absolute atomic E-state index is 9.32. The Bertz CT molecular complexity index is 440. The van der Waals surface area contributed by atoms with Crippen LogP contribution in [0.4, 0.5) is 5.69 Å². The first-order valence-corrected chi connectivity index (χ1v) is 7.43. The smallest absolute Gasteiger partial charge is 0.0681 e. The van der Waals surface area contributed by atoms with Gasteiger partial charge in [-0.15, -0.1) is 0 Å². The zero-order valence-electron chi connectivity index (χ0n) is 11.7. The van der Waals surface area contributed by atoms with Crippen LogP contribution in [0.1, 0.15) is 36.3 Å². The molecule has 2 atom stereocenters. The Kier molecular flexibility index (Phi) is 3.76. The first kappa shape index (κ1) is 12.9. The summed E-state index contributed by atoms with van der Waals surface area (Å²) in [6.45, 7) is 3.64. The quantitative estimate of drug-likeness (QED) is 0.873. The van der Waals surface area contributed by atoms with Crippen molar-refractivity contribution in [3.63, 3.8) is 0 Å². The van der Waals surface area contributed by atoms with Gasteiger partial charge in [0.05, 0.1) is 6.61 Å². The molecule has 1 saturated heterocycles. The number of nitrogens with zero attached hydrogens (tertiary/aromatic N) is 1. The molecule has 0 bridgehead atoms. The minimum Gasteiger partial charge on any atom is -0.392 e. The fourth-order valence-electron chi connectivity index (χ4n) is 3.63. The molecule has 0 spiro atoms. The van der Waals surface area contributed by atoms with Gasteiger partial charge in [-0.05, 0) is 55.5 Å². The van der Waals surface area contributed by atoms with Crippen molar-refractivity contribution in [2.75, 3.05) is 31.6 Å². The molecule has 0 aliphatic carbocycles. The summed E-state index contributed by atoms with van der Waals surface area (Å²) in [6.07, 6.45) is 3.96. The van der Waals surface area contributed by atoms with Crippen molar-refractivity contribution in [3.8, 4) is 0 Å². The third-order valence-electron chi connectivity index (χ3n) is 4.64. The van der Waals surface area contributed by atoms with Crippen molar-refractivity contribution in [1.82, 2.24) is 5.32 Å². The molecule has 3 rings (SSSR count). The molecule has 2 N–H and O–H groups in total. The summed E-state index contributed by atoms with van der Waals surface area (Å²) in [5.41, 5.74) is 3.84. The Morgan fingerprint density at radius 1 is 1.42 bits per heavy atom. The van der Waals surface area contributed by atoms with Crippen LogP contribution in [0.2, 0.25) is 0 Å². The Labute approximate surface area is 115 Å². The Morgan fingerprint density at radius 2 is 2.32 bits per heavy atom. The number of aliphatic hydroxyl groups is 1. The summed E-state index contributed by atoms with van der Waals surface area (Å²) in [7, 11) is 2.18. The van der Waals surface area contributed by atoms with Crippen LogP contribution in [0.5, 0.6) is 0 Å². The van der Waals surface area contributed by atoms with E-state index < -0.39 is 0 Å². The minimum atomic E-state index is 0.148. The maximum Gasteiger partial charge on any atom is 0.0681 e. The highest BCUT2D eigenvalue weighted by molar-refractivity contribution is 5.60. The van der Waals surface area contributed by atoms with Crippen LogP contribution in [0.15, 0.2) is 18.2 Å². The van der Waals surface area contributed by atoms with Crippen molar-refractivity contribution >= 4 is 5.69 Å². The van der Waals surface area contributed by atoms with E-state index in [9.17, 15) is 5.11 Å². The second-order valence-electron chi connectivity index (χ2n) is 6.08. The van der Waals surface area contributed by atoms with Crippen LogP contribution in [0.3, 0.4) is 0 Å². The van der Waals surface area contributed by atoms with E-state index in [0.717, 1.165) is 18.0 Å². The lowest BCUT2D eigenvalue weighted by Gasteiger charge is -2.25. The molecule has 0 saturated carbocycles. The van der Waals surface area contributed by atoms with Gasteiger partial charge in [0.1, 0.15) is 0 Å². The molecule has 3 nitrogen and oxygen atoms in total. The summed E-state index contributed by atoms with van der Waals surface area (Å²) < 4.78 is 0. The summed E-state index contributed by atoms with van der Waals surface area (Å²) in [4.78, 5) is 2.36. The molecule has 1 aromatic rings. The third-order valence-corrected chi connectivity index (χ3v) is 4.64. The number of likely N-dealkylation sites (N-methyl/N-ethyl adjacent to an activating group) is 1. The van der Waals surface area contributed by atoms with Gasteiger partial charge in [-0.25, -0.2) is 0 Å². The van der Waals surface area contributed by atoms with Crippen LogP contribution in [0, 0.1) is 5.92 Å². The SMILES string of the molecule is CN1CC(CC2CCCNC2)c2cc(CO)ccc21. The van der Waals surface area contributed by atoms with Crippen molar-refractivity contribution in [3.05, 3.63) is 29.3 Å². The second-order valence-corrected chi connectivity index (χ2v) is 6.08. The maximum atomic E-state index is 9.32. The van der Waals surface area contributed by atoms with Gasteiger partial charge in [-0.1, -0.05) is 12.1 Å². The zero-order chi connectivity index (χ0) is 13.2. The lowest BCUT2D eigenvalue weighted by Crippen LogP contribution is -2.31. The molecule has 2 aliphatic rings. The molecular weight excluding hydrogens is 236 g/mol. The van der Waals surface area contributed by atoms with Gasteiger partial charge in [0.2, 0.25) is 0 Å². The summed E-state index contributed by atoms with van der Waals surface area (Å²) in [5, 5.41) is 12.8. The van der Waals surface area contributed by atoms with Crippen LogP contribution in [-0.2, 0) is 6.61 Å². The van der Waals surface area contributed by atoms with Crippen molar-refractivity contribution in [1.29, 1.82) is 0 Å². The Hall–Kier alpha value is -1.06. The van der Waals surface area contributed by atoms with Crippen LogP contribution < -0.4 is 10.2 Å². The Balaban J connectivity index is 1.77.